The molecule has 1 aliphatic rings. The number of hydrogen-bond acceptors (Lipinski definition) is 9. The number of carbonyl (C=O) groups excluding carboxylic acids is 2. The van der Waals surface area contributed by atoms with Crippen molar-refractivity contribution < 1.29 is 14.3 Å². The summed E-state index contributed by atoms with van der Waals surface area (Å²) in [6.07, 6.45) is 2.43. The number of amides is 2. The number of hydrogen-bond donors (Lipinski definition) is 1. The molecule has 0 saturated carbocycles. The molecule has 0 unspecified atom stereocenters. The predicted octanol–water partition coefficient (Wildman–Crippen LogP) is 5.51. The molecular weight excluding hydrogens is 554 g/mol. The van der Waals surface area contributed by atoms with Gasteiger partial charge in [-0.05, 0) is 73.8 Å². The van der Waals surface area contributed by atoms with Gasteiger partial charge in [0.2, 0.25) is 0 Å². The maximum Gasteiger partial charge on any atom is 0.274 e. The number of anilines is 1. The van der Waals surface area contributed by atoms with Crippen LogP contribution in [0.4, 0.5) is 5.82 Å². The fourth-order valence-electron chi connectivity index (χ4n) is 4.43. The molecule has 5 rings (SSSR count). The fourth-order valence-corrected chi connectivity index (χ4v) is 6.27. The number of rotatable bonds is 10. The Labute approximate surface area is 241 Å². The first-order valence-corrected chi connectivity index (χ1v) is 14.1. The van der Waals surface area contributed by atoms with Gasteiger partial charge in [0.25, 0.3) is 11.8 Å². The maximum absolute atomic E-state index is 12.4. The number of ether oxygens (including phenoxy) is 1. The molecule has 0 atom stereocenters. The molecule has 4 heterocycles. The highest BCUT2D eigenvalue weighted by atomic mass is 35.5. The van der Waals surface area contributed by atoms with Crippen molar-refractivity contribution in [2.45, 2.75) is 20.3 Å². The summed E-state index contributed by atoms with van der Waals surface area (Å²) < 4.78 is 5.95. The highest BCUT2D eigenvalue weighted by Gasteiger charge is 2.28. The minimum absolute atomic E-state index is 0. The normalized spacial score (nSPS) is 13.0. The van der Waals surface area contributed by atoms with Crippen LogP contribution in [-0.2, 0) is 9.59 Å². The summed E-state index contributed by atoms with van der Waals surface area (Å²) in [4.78, 5) is 40.8. The zero-order chi connectivity index (χ0) is 26.8. The number of fused-ring (bicyclic) bond motifs is 1. The second kappa shape index (κ2) is 12.3. The molecule has 2 amide bonds. The summed E-state index contributed by atoms with van der Waals surface area (Å²) in [5.74, 6) is 1.14. The van der Waals surface area contributed by atoms with Crippen LogP contribution in [0, 0.1) is 6.92 Å². The van der Waals surface area contributed by atoms with Gasteiger partial charge in [0.05, 0.1) is 10.3 Å². The Morgan fingerprint density at radius 3 is 2.46 bits per heavy atom. The van der Waals surface area contributed by atoms with E-state index in [1.54, 1.807) is 34.6 Å². The lowest BCUT2D eigenvalue weighted by molar-refractivity contribution is -0.123. The molecule has 39 heavy (non-hydrogen) atoms. The Morgan fingerprint density at radius 2 is 1.82 bits per heavy atom. The molecule has 204 valence electrons. The smallest absolute Gasteiger partial charge is 0.274 e. The number of aromatic nitrogens is 2. The van der Waals surface area contributed by atoms with E-state index < -0.39 is 11.8 Å². The van der Waals surface area contributed by atoms with Crippen molar-refractivity contribution in [3.05, 3.63) is 59.1 Å². The fraction of sp³-hybridized carbons (Fsp3) is 0.286. The van der Waals surface area contributed by atoms with Crippen LogP contribution in [-0.4, -0.2) is 60.5 Å². The van der Waals surface area contributed by atoms with Crippen molar-refractivity contribution in [2.75, 3.05) is 38.7 Å². The second-order valence-corrected chi connectivity index (χ2v) is 11.1. The van der Waals surface area contributed by atoms with Crippen molar-refractivity contribution >= 4 is 62.9 Å². The number of imide groups is 1. The molecule has 0 bridgehead atoms. The van der Waals surface area contributed by atoms with Gasteiger partial charge in [-0.3, -0.25) is 14.9 Å². The molecule has 8 nitrogen and oxygen atoms in total. The molecule has 0 aliphatic carbocycles. The zero-order valence-corrected chi connectivity index (χ0v) is 24.6. The van der Waals surface area contributed by atoms with Crippen LogP contribution in [0.5, 0.6) is 5.75 Å². The molecule has 1 aromatic carbocycles. The molecule has 1 N–H and O–H groups in total. The van der Waals surface area contributed by atoms with E-state index in [4.69, 9.17) is 14.7 Å². The van der Waals surface area contributed by atoms with Crippen LogP contribution in [0.25, 0.3) is 31.4 Å². The lowest BCUT2D eigenvalue weighted by Crippen LogP contribution is -2.29. The Kier molecular flexibility index (Phi) is 9.01. The van der Waals surface area contributed by atoms with Crippen molar-refractivity contribution in [1.29, 1.82) is 0 Å². The van der Waals surface area contributed by atoms with Gasteiger partial charge in [-0.1, -0.05) is 13.0 Å². The number of nitrogens with zero attached hydrogens (tertiary/aromatic N) is 4. The molecule has 1 aliphatic heterocycles. The molecule has 0 spiro atoms. The lowest BCUT2D eigenvalue weighted by Gasteiger charge is -2.19. The standard InChI is InChI=1S/C28H29N5O3S2.ClH/c1-5-12-32(3)13-14-36-19-10-8-18(9-11-19)24-17(2)23-26(33(4)20-16-22(34)29-27(20)35)30-25(31-28(23)38-24)21-7-6-15-37-21;/h6-11,15-16H,5,12-14H2,1-4H3,(H,29,34,35);1H. The van der Waals surface area contributed by atoms with Gasteiger partial charge in [0.1, 0.15) is 28.7 Å². The molecule has 4 aromatic rings. The SMILES string of the molecule is CCCN(C)CCOc1ccc(-c2sc3nc(-c4cccs4)nc(N(C)C4=CC(=O)NC4=O)c3c2C)cc1.Cl. The average molecular weight is 584 g/mol. The summed E-state index contributed by atoms with van der Waals surface area (Å²) in [5, 5.41) is 5.16. The first kappa shape index (κ1) is 28.7. The first-order chi connectivity index (χ1) is 18.4. The number of likely N-dealkylation sites (N-methyl/N-ethyl adjacent to an activating group) is 2. The van der Waals surface area contributed by atoms with Crippen molar-refractivity contribution in [1.82, 2.24) is 20.2 Å². The van der Waals surface area contributed by atoms with Gasteiger partial charge in [-0.15, -0.1) is 35.1 Å². The van der Waals surface area contributed by atoms with E-state index in [0.717, 1.165) is 56.4 Å². The average Bonchev–Trinajstić information content (AvgIpc) is 3.63. The first-order valence-electron chi connectivity index (χ1n) is 12.4. The minimum Gasteiger partial charge on any atom is -0.492 e. The summed E-state index contributed by atoms with van der Waals surface area (Å²) >= 11 is 3.14. The summed E-state index contributed by atoms with van der Waals surface area (Å²) in [7, 11) is 3.86. The van der Waals surface area contributed by atoms with Gasteiger partial charge in [-0.25, -0.2) is 9.97 Å². The number of halogens is 1. The zero-order valence-electron chi connectivity index (χ0n) is 22.2. The number of thiophene rings is 2. The third-order valence-electron chi connectivity index (χ3n) is 6.39. The molecule has 0 radical (unpaired) electrons. The van der Waals surface area contributed by atoms with E-state index >= 15 is 0 Å². The van der Waals surface area contributed by atoms with E-state index in [2.05, 4.69) is 36.3 Å². The predicted molar refractivity (Wildman–Crippen MR) is 161 cm³/mol. The lowest BCUT2D eigenvalue weighted by atomic mass is 10.1. The molecule has 0 fully saturated rings. The van der Waals surface area contributed by atoms with E-state index in [9.17, 15) is 9.59 Å². The van der Waals surface area contributed by atoms with Gasteiger partial charge in [-0.2, -0.15) is 0 Å². The Bertz CT molecular complexity index is 1520. The summed E-state index contributed by atoms with van der Waals surface area (Å²) in [6, 6.07) is 12.0. The molecule has 11 heteroatoms. The topological polar surface area (TPSA) is 87.7 Å². The largest absolute Gasteiger partial charge is 0.492 e. The van der Waals surface area contributed by atoms with Crippen LogP contribution in [0.2, 0.25) is 0 Å². The number of aryl methyl sites for hydroxylation is 1. The second-order valence-electron chi connectivity index (χ2n) is 9.17. The van der Waals surface area contributed by atoms with Gasteiger partial charge < -0.3 is 14.5 Å². The number of carbonyl (C=O) groups is 2. The van der Waals surface area contributed by atoms with Crippen LogP contribution in [0.15, 0.2) is 53.6 Å². The Morgan fingerprint density at radius 1 is 1.05 bits per heavy atom. The number of nitrogens with one attached hydrogen (secondary N) is 1. The van der Waals surface area contributed by atoms with E-state index in [1.165, 1.54) is 6.08 Å². The quantitative estimate of drug-likeness (QED) is 0.246. The van der Waals surface area contributed by atoms with Gasteiger partial charge >= 0.3 is 0 Å². The van der Waals surface area contributed by atoms with Crippen molar-refractivity contribution in [3.63, 3.8) is 0 Å². The van der Waals surface area contributed by atoms with E-state index in [1.807, 2.05) is 36.6 Å². The van der Waals surface area contributed by atoms with Crippen LogP contribution < -0.4 is 15.0 Å². The van der Waals surface area contributed by atoms with Gasteiger partial charge in [0, 0.05) is 24.5 Å². The molecular formula is C28H30ClN5O3S2. The molecule has 3 aromatic heterocycles. The Balaban J connectivity index is 0.00000353. The van der Waals surface area contributed by atoms with Crippen LogP contribution in [0.1, 0.15) is 18.9 Å². The van der Waals surface area contributed by atoms with Crippen LogP contribution in [0.3, 0.4) is 0 Å². The van der Waals surface area contributed by atoms with E-state index in [-0.39, 0.29) is 18.1 Å². The monoisotopic (exact) mass is 583 g/mol. The third kappa shape index (κ3) is 5.99. The summed E-state index contributed by atoms with van der Waals surface area (Å²) in [6.45, 7) is 6.79. The maximum atomic E-state index is 12.4. The van der Waals surface area contributed by atoms with Gasteiger partial charge in [0.15, 0.2) is 5.82 Å². The highest BCUT2D eigenvalue weighted by molar-refractivity contribution is 7.22. The number of benzene rings is 1. The minimum atomic E-state index is -0.438. The van der Waals surface area contributed by atoms with Crippen LogP contribution >= 0.6 is 35.1 Å². The molecule has 0 saturated heterocycles. The Hall–Kier alpha value is -3.31. The van der Waals surface area contributed by atoms with Crippen molar-refractivity contribution in [2.24, 2.45) is 0 Å². The van der Waals surface area contributed by atoms with E-state index in [0.29, 0.717) is 18.2 Å². The van der Waals surface area contributed by atoms with Crippen molar-refractivity contribution in [3.8, 4) is 26.9 Å². The third-order valence-corrected chi connectivity index (χ3v) is 8.49. The highest BCUT2D eigenvalue weighted by Crippen LogP contribution is 2.43. The summed E-state index contributed by atoms with van der Waals surface area (Å²) in [5.41, 5.74) is 2.33.